The molecule has 1 aliphatic rings. The summed E-state index contributed by atoms with van der Waals surface area (Å²) in [6, 6.07) is 3.59. The molecule has 1 aromatic rings. The number of carbonyl (C=O) groups is 1. The molecule has 1 fully saturated rings. The Kier molecular flexibility index (Phi) is 4.40. The van der Waals surface area contributed by atoms with Crippen LogP contribution in [0.4, 0.5) is 5.82 Å². The second-order valence-electron chi connectivity index (χ2n) is 5.70. The van der Waals surface area contributed by atoms with Crippen molar-refractivity contribution >= 4 is 11.7 Å². The fraction of sp³-hybridized carbons (Fsp3) is 0.600. The number of nitrogens with zero attached hydrogens (tertiary/aromatic N) is 1. The van der Waals surface area contributed by atoms with Crippen LogP contribution in [0, 0.1) is 5.41 Å². The second-order valence-corrected chi connectivity index (χ2v) is 5.70. The molecular formula is C15H23N3O. The van der Waals surface area contributed by atoms with E-state index in [-0.39, 0.29) is 11.3 Å². The summed E-state index contributed by atoms with van der Waals surface area (Å²) < 4.78 is 0. The Morgan fingerprint density at radius 3 is 2.79 bits per heavy atom. The van der Waals surface area contributed by atoms with Gasteiger partial charge in [-0.05, 0) is 30.4 Å². The minimum atomic E-state index is -0.0377. The zero-order valence-corrected chi connectivity index (χ0v) is 11.8. The molecular weight excluding hydrogens is 238 g/mol. The highest BCUT2D eigenvalue weighted by Crippen LogP contribution is 2.35. The molecule has 1 amide bonds. The van der Waals surface area contributed by atoms with Crippen LogP contribution in [0.1, 0.15) is 49.4 Å². The largest absolute Gasteiger partial charge is 0.372 e. The van der Waals surface area contributed by atoms with Gasteiger partial charge in [0, 0.05) is 19.8 Å². The molecule has 4 heteroatoms. The molecule has 4 nitrogen and oxygen atoms in total. The van der Waals surface area contributed by atoms with Crippen molar-refractivity contribution in [2.75, 3.05) is 18.9 Å². The zero-order chi connectivity index (χ0) is 13.7. The van der Waals surface area contributed by atoms with Crippen molar-refractivity contribution in [3.63, 3.8) is 0 Å². The molecule has 0 spiro atoms. The highest BCUT2D eigenvalue weighted by Gasteiger charge is 2.27. The van der Waals surface area contributed by atoms with E-state index < -0.39 is 0 Å². The van der Waals surface area contributed by atoms with E-state index in [1.807, 2.05) is 0 Å². The molecule has 19 heavy (non-hydrogen) atoms. The molecule has 0 atom stereocenters. The molecule has 104 valence electrons. The lowest BCUT2D eigenvalue weighted by atomic mass is 9.76. The molecule has 1 aromatic heterocycles. The third-order valence-electron chi connectivity index (χ3n) is 4.03. The van der Waals surface area contributed by atoms with E-state index in [0.717, 1.165) is 6.54 Å². The average Bonchev–Trinajstić information content (AvgIpc) is 2.45. The molecule has 2 N–H and O–H groups in total. The first-order valence-corrected chi connectivity index (χ1v) is 7.06. The molecule has 0 radical (unpaired) electrons. The maximum absolute atomic E-state index is 12.2. The summed E-state index contributed by atoms with van der Waals surface area (Å²) in [6.07, 6.45) is 7.99. The molecule has 2 rings (SSSR count). The molecule has 0 aromatic carbocycles. The Morgan fingerprint density at radius 1 is 1.37 bits per heavy atom. The van der Waals surface area contributed by atoms with Gasteiger partial charge in [-0.25, -0.2) is 4.98 Å². The van der Waals surface area contributed by atoms with Crippen LogP contribution >= 0.6 is 0 Å². The van der Waals surface area contributed by atoms with Gasteiger partial charge in [-0.1, -0.05) is 26.2 Å². The summed E-state index contributed by atoms with van der Waals surface area (Å²) in [5.74, 6) is 0.595. The number of anilines is 1. The van der Waals surface area contributed by atoms with E-state index in [2.05, 4.69) is 22.5 Å². The van der Waals surface area contributed by atoms with Gasteiger partial charge in [-0.15, -0.1) is 0 Å². The van der Waals surface area contributed by atoms with Gasteiger partial charge in [-0.2, -0.15) is 0 Å². The van der Waals surface area contributed by atoms with Crippen molar-refractivity contribution in [3.05, 3.63) is 23.9 Å². The van der Waals surface area contributed by atoms with Crippen molar-refractivity contribution in [1.29, 1.82) is 0 Å². The number of aromatic nitrogens is 1. The normalized spacial score (nSPS) is 17.8. The van der Waals surface area contributed by atoms with Crippen LogP contribution in [-0.4, -0.2) is 24.5 Å². The van der Waals surface area contributed by atoms with Crippen LogP contribution in [0.2, 0.25) is 0 Å². The quantitative estimate of drug-likeness (QED) is 0.876. The van der Waals surface area contributed by atoms with Gasteiger partial charge < -0.3 is 10.6 Å². The number of nitrogens with one attached hydrogen (secondary N) is 2. The Bertz CT molecular complexity index is 439. The Morgan fingerprint density at radius 2 is 2.11 bits per heavy atom. The SMILES string of the molecule is CNc1ncccc1C(=O)NCC1(C)CCCCC1. The van der Waals surface area contributed by atoms with Crippen LogP contribution in [0.15, 0.2) is 18.3 Å². The van der Waals surface area contributed by atoms with Crippen molar-refractivity contribution < 1.29 is 4.79 Å². The van der Waals surface area contributed by atoms with Crippen LogP contribution in [-0.2, 0) is 0 Å². The van der Waals surface area contributed by atoms with E-state index in [9.17, 15) is 4.79 Å². The first-order chi connectivity index (χ1) is 9.14. The maximum Gasteiger partial charge on any atom is 0.255 e. The van der Waals surface area contributed by atoms with E-state index in [1.165, 1.54) is 32.1 Å². The van der Waals surface area contributed by atoms with E-state index in [4.69, 9.17) is 0 Å². The van der Waals surface area contributed by atoms with Crippen LogP contribution < -0.4 is 10.6 Å². The van der Waals surface area contributed by atoms with Crippen LogP contribution in [0.25, 0.3) is 0 Å². The minimum Gasteiger partial charge on any atom is -0.372 e. The summed E-state index contributed by atoms with van der Waals surface area (Å²) in [6.45, 7) is 3.03. The first kappa shape index (κ1) is 13.8. The third kappa shape index (κ3) is 3.46. The first-order valence-electron chi connectivity index (χ1n) is 7.06. The van der Waals surface area contributed by atoms with Crippen molar-refractivity contribution in [2.45, 2.75) is 39.0 Å². The average molecular weight is 261 g/mol. The van der Waals surface area contributed by atoms with Gasteiger partial charge in [-0.3, -0.25) is 4.79 Å². The number of hydrogen-bond acceptors (Lipinski definition) is 3. The van der Waals surface area contributed by atoms with Gasteiger partial charge >= 0.3 is 0 Å². The Labute approximate surface area is 115 Å². The fourth-order valence-corrected chi connectivity index (χ4v) is 2.76. The summed E-state index contributed by atoms with van der Waals surface area (Å²) in [4.78, 5) is 16.4. The van der Waals surface area contributed by atoms with Crippen LogP contribution in [0.5, 0.6) is 0 Å². The van der Waals surface area contributed by atoms with Gasteiger partial charge in [0.25, 0.3) is 5.91 Å². The smallest absolute Gasteiger partial charge is 0.255 e. The summed E-state index contributed by atoms with van der Waals surface area (Å²) >= 11 is 0. The maximum atomic E-state index is 12.2. The lowest BCUT2D eigenvalue weighted by molar-refractivity contribution is 0.0919. The Hall–Kier alpha value is -1.58. The predicted molar refractivity (Wildman–Crippen MR) is 77.3 cm³/mol. The van der Waals surface area contributed by atoms with Crippen LogP contribution in [0.3, 0.4) is 0 Å². The van der Waals surface area contributed by atoms with Gasteiger partial charge in [0.2, 0.25) is 0 Å². The number of rotatable bonds is 4. The zero-order valence-electron chi connectivity index (χ0n) is 11.8. The molecule has 1 heterocycles. The topological polar surface area (TPSA) is 54.0 Å². The molecule has 0 bridgehead atoms. The predicted octanol–water partition coefficient (Wildman–Crippen LogP) is 2.82. The lowest BCUT2D eigenvalue weighted by Gasteiger charge is -2.33. The molecule has 0 aliphatic heterocycles. The second kappa shape index (κ2) is 6.04. The highest BCUT2D eigenvalue weighted by atomic mass is 16.1. The third-order valence-corrected chi connectivity index (χ3v) is 4.03. The standard InChI is InChI=1S/C15H23N3O/c1-15(8-4-3-5-9-15)11-18-14(19)12-7-6-10-17-13(12)16-2/h6-7,10H,3-5,8-9,11H2,1-2H3,(H,16,17)(H,18,19). The molecule has 1 aliphatic carbocycles. The summed E-state index contributed by atoms with van der Waals surface area (Å²) in [5, 5.41) is 6.02. The molecule has 0 unspecified atom stereocenters. The number of hydrogen-bond donors (Lipinski definition) is 2. The van der Waals surface area contributed by atoms with Crippen molar-refractivity contribution in [1.82, 2.24) is 10.3 Å². The summed E-state index contributed by atoms with van der Waals surface area (Å²) in [5.41, 5.74) is 0.875. The Balaban J connectivity index is 1.97. The summed E-state index contributed by atoms with van der Waals surface area (Å²) in [7, 11) is 1.78. The van der Waals surface area contributed by atoms with Gasteiger partial charge in [0.1, 0.15) is 5.82 Å². The van der Waals surface area contributed by atoms with Gasteiger partial charge in [0.05, 0.1) is 5.56 Å². The number of pyridine rings is 1. The fourth-order valence-electron chi connectivity index (χ4n) is 2.76. The van der Waals surface area contributed by atoms with Crippen molar-refractivity contribution in [3.8, 4) is 0 Å². The number of carbonyl (C=O) groups excluding carboxylic acids is 1. The minimum absolute atomic E-state index is 0.0377. The number of amides is 1. The van der Waals surface area contributed by atoms with Crippen molar-refractivity contribution in [2.24, 2.45) is 5.41 Å². The van der Waals surface area contributed by atoms with E-state index >= 15 is 0 Å². The molecule has 1 saturated carbocycles. The highest BCUT2D eigenvalue weighted by molar-refractivity contribution is 5.98. The van der Waals surface area contributed by atoms with E-state index in [1.54, 1.807) is 25.4 Å². The molecule has 0 saturated heterocycles. The van der Waals surface area contributed by atoms with E-state index in [0.29, 0.717) is 11.4 Å². The lowest BCUT2D eigenvalue weighted by Crippen LogP contribution is -2.37. The van der Waals surface area contributed by atoms with Gasteiger partial charge in [0.15, 0.2) is 0 Å². The monoisotopic (exact) mass is 261 g/mol.